The summed E-state index contributed by atoms with van der Waals surface area (Å²) in [5.41, 5.74) is 3.42. The fourth-order valence-corrected chi connectivity index (χ4v) is 4.89. The molecule has 0 fully saturated rings. The number of methoxy groups -OCH3 is 2. The third-order valence-electron chi connectivity index (χ3n) is 6.62. The van der Waals surface area contributed by atoms with Crippen molar-refractivity contribution in [3.8, 4) is 11.5 Å². The number of nitrogens with one attached hydrogen (secondary N) is 1. The van der Waals surface area contributed by atoms with Crippen LogP contribution in [0.2, 0.25) is 0 Å². The number of ether oxygens (including phenoxy) is 2. The number of amides is 3. The average molecular weight is 486 g/mol. The van der Waals surface area contributed by atoms with Crippen molar-refractivity contribution in [1.29, 1.82) is 0 Å². The van der Waals surface area contributed by atoms with Crippen molar-refractivity contribution in [2.24, 2.45) is 0 Å². The molecule has 0 spiro atoms. The van der Waals surface area contributed by atoms with Crippen LogP contribution in [0.25, 0.3) is 0 Å². The molecule has 0 unspecified atom stereocenters. The Hall–Kier alpha value is -4.33. The highest BCUT2D eigenvalue weighted by Gasteiger charge is 2.47. The minimum absolute atomic E-state index is 0.116. The maximum Gasteiger partial charge on any atom is 0.260 e. The van der Waals surface area contributed by atoms with Crippen LogP contribution in [0.3, 0.4) is 0 Å². The zero-order chi connectivity index (χ0) is 25.2. The molecule has 2 heterocycles. The Kier molecular flexibility index (Phi) is 6.33. The summed E-state index contributed by atoms with van der Waals surface area (Å²) in [6.45, 7) is 0.702. The van der Waals surface area contributed by atoms with Crippen LogP contribution in [0.1, 0.15) is 50.9 Å². The van der Waals surface area contributed by atoms with Gasteiger partial charge in [-0.3, -0.25) is 19.3 Å². The van der Waals surface area contributed by atoms with Gasteiger partial charge in [-0.05, 0) is 42.3 Å². The van der Waals surface area contributed by atoms with Crippen LogP contribution in [-0.4, -0.2) is 43.4 Å². The Bertz CT molecular complexity index is 1340. The molecule has 3 aromatic rings. The Balaban J connectivity index is 1.27. The van der Waals surface area contributed by atoms with Gasteiger partial charge in [-0.25, -0.2) is 0 Å². The number of hydrogen-bond acceptors (Lipinski definition) is 5. The predicted molar refractivity (Wildman–Crippen MR) is 134 cm³/mol. The number of para-hydroxylation sites is 1. The first-order valence-electron chi connectivity index (χ1n) is 11.8. The van der Waals surface area contributed by atoms with Crippen molar-refractivity contribution in [2.75, 3.05) is 25.7 Å². The van der Waals surface area contributed by atoms with E-state index in [1.54, 1.807) is 48.3 Å². The van der Waals surface area contributed by atoms with Gasteiger partial charge in [0, 0.05) is 30.6 Å². The van der Waals surface area contributed by atoms with Gasteiger partial charge in [0.25, 0.3) is 11.8 Å². The molecule has 0 aromatic heterocycles. The summed E-state index contributed by atoms with van der Waals surface area (Å²) < 4.78 is 10.6. The summed E-state index contributed by atoms with van der Waals surface area (Å²) in [5.74, 6) is 0.857. The molecule has 2 aliphatic heterocycles. The lowest BCUT2D eigenvalue weighted by Gasteiger charge is -2.41. The summed E-state index contributed by atoms with van der Waals surface area (Å²) >= 11 is 0. The molecule has 5 rings (SSSR count). The first-order valence-corrected chi connectivity index (χ1v) is 11.8. The van der Waals surface area contributed by atoms with E-state index in [9.17, 15) is 14.4 Å². The fraction of sp³-hybridized carbons (Fsp3) is 0.250. The Morgan fingerprint density at radius 3 is 2.39 bits per heavy atom. The number of rotatable bonds is 8. The normalized spacial score (nSPS) is 15.8. The largest absolute Gasteiger partial charge is 0.493 e. The highest BCUT2D eigenvalue weighted by atomic mass is 16.5. The summed E-state index contributed by atoms with van der Waals surface area (Å²) in [6, 6.07) is 20.1. The number of benzene rings is 3. The number of hydrogen-bond donors (Lipinski definition) is 1. The zero-order valence-corrected chi connectivity index (χ0v) is 20.2. The van der Waals surface area contributed by atoms with E-state index >= 15 is 0 Å². The van der Waals surface area contributed by atoms with Gasteiger partial charge in [-0.15, -0.1) is 0 Å². The Labute approximate surface area is 209 Å². The second kappa shape index (κ2) is 9.73. The van der Waals surface area contributed by atoms with Crippen LogP contribution in [-0.2, 0) is 11.3 Å². The number of nitrogens with zero attached hydrogens (tertiary/aromatic N) is 2. The molecule has 1 atom stereocenters. The van der Waals surface area contributed by atoms with Gasteiger partial charge in [0.15, 0.2) is 11.5 Å². The molecule has 36 heavy (non-hydrogen) atoms. The third-order valence-corrected chi connectivity index (χ3v) is 6.62. The van der Waals surface area contributed by atoms with E-state index in [0.29, 0.717) is 47.8 Å². The molecule has 3 amide bonds. The smallest absolute Gasteiger partial charge is 0.260 e. The second-order valence-electron chi connectivity index (χ2n) is 8.72. The van der Waals surface area contributed by atoms with Gasteiger partial charge >= 0.3 is 0 Å². The summed E-state index contributed by atoms with van der Waals surface area (Å²) in [6.07, 6.45) is 0.207. The standard InChI is InChI=1S/C28H27N3O5/c1-35-23-14-13-18(16-24(23)36-2)17-29-25(32)12-7-15-30-26-19-8-3-4-9-20(19)28(34)31(26)22-11-6-5-10-21(22)27(30)33/h3-6,8-11,13-14,16,26H,7,12,15,17H2,1-2H3,(H,29,32)/t26-/m0/s1. The van der Waals surface area contributed by atoms with Crippen LogP contribution in [0.4, 0.5) is 5.69 Å². The lowest BCUT2D eigenvalue weighted by atomic mass is 10.0. The van der Waals surface area contributed by atoms with Crippen molar-refractivity contribution in [3.05, 3.63) is 89.0 Å². The SMILES string of the molecule is COc1ccc(CNC(=O)CCCN2C(=O)c3ccccc3N3C(=O)c4ccccc4[C@@H]23)cc1OC. The number of anilines is 1. The highest BCUT2D eigenvalue weighted by Crippen LogP contribution is 2.45. The summed E-state index contributed by atoms with van der Waals surface area (Å²) in [4.78, 5) is 42.6. The molecule has 8 nitrogen and oxygen atoms in total. The van der Waals surface area contributed by atoms with Crippen LogP contribution in [0.5, 0.6) is 11.5 Å². The third kappa shape index (κ3) is 4.04. The maximum absolute atomic E-state index is 13.4. The average Bonchev–Trinajstić information content (AvgIpc) is 3.21. The first-order chi connectivity index (χ1) is 17.5. The van der Waals surface area contributed by atoms with Gasteiger partial charge in [-0.2, -0.15) is 0 Å². The summed E-state index contributed by atoms with van der Waals surface area (Å²) in [7, 11) is 3.14. The van der Waals surface area contributed by atoms with E-state index < -0.39 is 6.17 Å². The summed E-state index contributed by atoms with van der Waals surface area (Å²) in [5, 5.41) is 2.92. The lowest BCUT2D eigenvalue weighted by Crippen LogP contribution is -2.48. The molecule has 0 bridgehead atoms. The van der Waals surface area contributed by atoms with Gasteiger partial charge in [0.2, 0.25) is 5.91 Å². The predicted octanol–water partition coefficient (Wildman–Crippen LogP) is 3.92. The van der Waals surface area contributed by atoms with Gasteiger partial charge in [0.1, 0.15) is 6.17 Å². The molecule has 0 saturated carbocycles. The molecule has 3 aromatic carbocycles. The van der Waals surface area contributed by atoms with E-state index in [4.69, 9.17) is 9.47 Å². The molecule has 0 radical (unpaired) electrons. The Morgan fingerprint density at radius 2 is 1.61 bits per heavy atom. The first kappa shape index (κ1) is 23.4. The molecule has 8 heteroatoms. The topological polar surface area (TPSA) is 88.2 Å². The van der Waals surface area contributed by atoms with Gasteiger partial charge < -0.3 is 19.7 Å². The fourth-order valence-electron chi connectivity index (χ4n) is 4.89. The minimum Gasteiger partial charge on any atom is -0.493 e. The van der Waals surface area contributed by atoms with Crippen LogP contribution in [0, 0.1) is 0 Å². The quantitative estimate of drug-likeness (QED) is 0.523. The van der Waals surface area contributed by atoms with Crippen molar-refractivity contribution in [3.63, 3.8) is 0 Å². The van der Waals surface area contributed by atoms with Gasteiger partial charge in [-0.1, -0.05) is 36.4 Å². The highest BCUT2D eigenvalue weighted by molar-refractivity contribution is 6.16. The monoisotopic (exact) mass is 485 g/mol. The maximum atomic E-state index is 13.4. The Morgan fingerprint density at radius 1 is 0.889 bits per heavy atom. The van der Waals surface area contributed by atoms with Crippen molar-refractivity contribution in [2.45, 2.75) is 25.6 Å². The minimum atomic E-state index is -0.508. The second-order valence-corrected chi connectivity index (χ2v) is 8.72. The molecule has 0 aliphatic carbocycles. The zero-order valence-electron chi connectivity index (χ0n) is 20.2. The van der Waals surface area contributed by atoms with Crippen molar-refractivity contribution < 1.29 is 23.9 Å². The van der Waals surface area contributed by atoms with E-state index in [1.165, 1.54) is 0 Å². The van der Waals surface area contributed by atoms with E-state index in [-0.39, 0.29) is 24.1 Å². The number of carbonyl (C=O) groups excluding carboxylic acids is 3. The molecular formula is C28H27N3O5. The number of carbonyl (C=O) groups is 3. The van der Waals surface area contributed by atoms with E-state index in [1.807, 2.05) is 42.5 Å². The van der Waals surface area contributed by atoms with Crippen LogP contribution in [0.15, 0.2) is 66.7 Å². The van der Waals surface area contributed by atoms with E-state index in [2.05, 4.69) is 5.32 Å². The van der Waals surface area contributed by atoms with Gasteiger partial charge in [0.05, 0.1) is 25.5 Å². The lowest BCUT2D eigenvalue weighted by molar-refractivity contribution is -0.121. The van der Waals surface area contributed by atoms with Crippen molar-refractivity contribution >= 4 is 23.4 Å². The number of fused-ring (bicyclic) bond motifs is 5. The molecule has 1 N–H and O–H groups in total. The molecule has 2 aliphatic rings. The van der Waals surface area contributed by atoms with E-state index in [0.717, 1.165) is 11.1 Å². The van der Waals surface area contributed by atoms with Crippen LogP contribution < -0.4 is 19.7 Å². The molecule has 184 valence electrons. The van der Waals surface area contributed by atoms with Crippen LogP contribution >= 0.6 is 0 Å². The molecule has 0 saturated heterocycles. The molecular weight excluding hydrogens is 458 g/mol. The van der Waals surface area contributed by atoms with Crippen molar-refractivity contribution in [1.82, 2.24) is 10.2 Å².